The lowest BCUT2D eigenvalue weighted by atomic mass is 10.0. The predicted molar refractivity (Wildman–Crippen MR) is 77.4 cm³/mol. The van der Waals surface area contributed by atoms with E-state index in [1.54, 1.807) is 0 Å². The second-order valence-corrected chi connectivity index (χ2v) is 5.43. The first kappa shape index (κ1) is 13.1. The molecule has 6 nitrogen and oxygen atoms in total. The van der Waals surface area contributed by atoms with Gasteiger partial charge < -0.3 is 14.8 Å². The number of aromatic nitrogens is 4. The average Bonchev–Trinajstić information content (AvgIpc) is 2.79. The molecule has 1 aliphatic heterocycles. The molecule has 1 saturated heterocycles. The number of rotatable bonds is 5. The highest BCUT2D eigenvalue weighted by Gasteiger charge is 2.27. The van der Waals surface area contributed by atoms with Crippen LogP contribution in [0.15, 0.2) is 24.7 Å². The molecule has 2 aromatic heterocycles. The van der Waals surface area contributed by atoms with Gasteiger partial charge in [0, 0.05) is 45.3 Å². The molecular formula is C14H20N6. The van der Waals surface area contributed by atoms with Crippen molar-refractivity contribution in [3.05, 3.63) is 36.0 Å². The van der Waals surface area contributed by atoms with E-state index < -0.39 is 0 Å². The fourth-order valence-corrected chi connectivity index (χ4v) is 2.41. The first-order valence-electron chi connectivity index (χ1n) is 6.93. The lowest BCUT2D eigenvalue weighted by molar-refractivity contribution is 0.380. The standard InChI is InChI=1S/C14H20N6/c1-11-3-4-14(18-17-11)20-8-12(9-20)5-15-6-13-7-16-10-19(13)2/h3-4,7,10,12,15H,5-6,8-9H2,1-2H3. The van der Waals surface area contributed by atoms with Crippen molar-refractivity contribution in [3.8, 4) is 0 Å². The zero-order valence-corrected chi connectivity index (χ0v) is 12.0. The molecule has 0 bridgehead atoms. The fraction of sp³-hybridized carbons (Fsp3) is 0.500. The van der Waals surface area contributed by atoms with E-state index in [1.807, 2.05) is 43.2 Å². The number of nitrogens with one attached hydrogen (secondary N) is 1. The smallest absolute Gasteiger partial charge is 0.151 e. The van der Waals surface area contributed by atoms with Gasteiger partial charge in [-0.25, -0.2) is 4.98 Å². The van der Waals surface area contributed by atoms with Crippen LogP contribution in [0.25, 0.3) is 0 Å². The molecule has 2 aromatic rings. The summed E-state index contributed by atoms with van der Waals surface area (Å²) in [5.74, 6) is 1.67. The number of anilines is 1. The lowest BCUT2D eigenvalue weighted by Gasteiger charge is -2.40. The van der Waals surface area contributed by atoms with E-state index in [2.05, 4.69) is 25.4 Å². The third-order valence-electron chi connectivity index (χ3n) is 3.72. The summed E-state index contributed by atoms with van der Waals surface area (Å²) in [5.41, 5.74) is 2.18. The number of hydrogen-bond acceptors (Lipinski definition) is 5. The largest absolute Gasteiger partial charge is 0.354 e. The number of nitrogens with zero attached hydrogens (tertiary/aromatic N) is 5. The Balaban J connectivity index is 1.40. The maximum absolute atomic E-state index is 4.21. The summed E-state index contributed by atoms with van der Waals surface area (Å²) in [6.45, 7) is 5.96. The third kappa shape index (κ3) is 2.80. The van der Waals surface area contributed by atoms with Crippen LogP contribution in [0.3, 0.4) is 0 Å². The Morgan fingerprint density at radius 2 is 2.15 bits per heavy atom. The van der Waals surface area contributed by atoms with Crippen molar-refractivity contribution in [2.24, 2.45) is 13.0 Å². The van der Waals surface area contributed by atoms with Crippen molar-refractivity contribution in [2.45, 2.75) is 13.5 Å². The summed E-state index contributed by atoms with van der Waals surface area (Å²) in [4.78, 5) is 6.38. The fourth-order valence-electron chi connectivity index (χ4n) is 2.41. The van der Waals surface area contributed by atoms with Gasteiger partial charge in [-0.2, -0.15) is 5.10 Å². The van der Waals surface area contributed by atoms with Crippen LogP contribution in [-0.2, 0) is 13.6 Å². The molecule has 0 spiro atoms. The van der Waals surface area contributed by atoms with Crippen molar-refractivity contribution in [3.63, 3.8) is 0 Å². The van der Waals surface area contributed by atoms with Gasteiger partial charge in [0.05, 0.1) is 17.7 Å². The molecule has 106 valence electrons. The first-order valence-corrected chi connectivity index (χ1v) is 6.93. The molecule has 0 amide bonds. The third-order valence-corrected chi connectivity index (χ3v) is 3.72. The summed E-state index contributed by atoms with van der Waals surface area (Å²) in [7, 11) is 2.02. The molecule has 20 heavy (non-hydrogen) atoms. The second kappa shape index (κ2) is 5.58. The summed E-state index contributed by atoms with van der Waals surface area (Å²) >= 11 is 0. The van der Waals surface area contributed by atoms with E-state index in [0.29, 0.717) is 5.92 Å². The Morgan fingerprint density at radius 1 is 1.30 bits per heavy atom. The van der Waals surface area contributed by atoms with Gasteiger partial charge >= 0.3 is 0 Å². The van der Waals surface area contributed by atoms with Crippen LogP contribution in [0.4, 0.5) is 5.82 Å². The quantitative estimate of drug-likeness (QED) is 0.870. The molecule has 0 aromatic carbocycles. The molecule has 0 atom stereocenters. The zero-order chi connectivity index (χ0) is 13.9. The average molecular weight is 272 g/mol. The van der Waals surface area contributed by atoms with Gasteiger partial charge in [-0.3, -0.25) is 0 Å². The Hall–Kier alpha value is -1.95. The van der Waals surface area contributed by atoms with Crippen LogP contribution in [0.2, 0.25) is 0 Å². The molecule has 3 heterocycles. The zero-order valence-electron chi connectivity index (χ0n) is 12.0. The van der Waals surface area contributed by atoms with E-state index in [-0.39, 0.29) is 0 Å². The molecule has 0 radical (unpaired) electrons. The Labute approximate surface area is 118 Å². The van der Waals surface area contributed by atoms with Gasteiger partial charge in [0.1, 0.15) is 0 Å². The monoisotopic (exact) mass is 272 g/mol. The SMILES string of the molecule is Cc1ccc(N2CC(CNCc3cncn3C)C2)nn1. The Bertz CT molecular complexity index is 555. The lowest BCUT2D eigenvalue weighted by Crippen LogP contribution is -2.51. The number of aryl methyl sites for hydroxylation is 2. The molecule has 0 aliphatic carbocycles. The van der Waals surface area contributed by atoms with Crippen LogP contribution < -0.4 is 10.2 Å². The van der Waals surface area contributed by atoms with E-state index in [0.717, 1.165) is 37.7 Å². The minimum atomic E-state index is 0.686. The number of imidazole rings is 1. The molecule has 0 saturated carbocycles. The van der Waals surface area contributed by atoms with Crippen molar-refractivity contribution in [2.75, 3.05) is 24.5 Å². The summed E-state index contributed by atoms with van der Waals surface area (Å²) in [5, 5.41) is 11.8. The minimum absolute atomic E-state index is 0.686. The van der Waals surface area contributed by atoms with Crippen LogP contribution in [0.1, 0.15) is 11.4 Å². The van der Waals surface area contributed by atoms with Crippen molar-refractivity contribution < 1.29 is 0 Å². The maximum Gasteiger partial charge on any atom is 0.151 e. The van der Waals surface area contributed by atoms with Crippen molar-refractivity contribution in [1.29, 1.82) is 0 Å². The normalized spacial score (nSPS) is 15.4. The molecule has 1 fully saturated rings. The first-order chi connectivity index (χ1) is 9.72. The second-order valence-electron chi connectivity index (χ2n) is 5.43. The van der Waals surface area contributed by atoms with Crippen molar-refractivity contribution in [1.82, 2.24) is 25.1 Å². The summed E-state index contributed by atoms with van der Waals surface area (Å²) in [6.07, 6.45) is 3.74. The van der Waals surface area contributed by atoms with E-state index >= 15 is 0 Å². The highest BCUT2D eigenvalue weighted by Crippen LogP contribution is 2.21. The molecular weight excluding hydrogens is 252 g/mol. The van der Waals surface area contributed by atoms with Crippen LogP contribution in [0.5, 0.6) is 0 Å². The van der Waals surface area contributed by atoms with Gasteiger partial charge in [0.2, 0.25) is 0 Å². The number of hydrogen-bond donors (Lipinski definition) is 1. The molecule has 3 rings (SSSR count). The predicted octanol–water partition coefficient (Wildman–Crippen LogP) is 0.745. The van der Waals surface area contributed by atoms with E-state index in [1.165, 1.54) is 5.69 Å². The molecule has 0 unspecified atom stereocenters. The minimum Gasteiger partial charge on any atom is -0.354 e. The molecule has 1 aliphatic rings. The maximum atomic E-state index is 4.21. The van der Waals surface area contributed by atoms with E-state index in [9.17, 15) is 0 Å². The Kier molecular flexibility index (Phi) is 3.64. The summed E-state index contributed by atoms with van der Waals surface area (Å²) in [6, 6.07) is 4.05. The topological polar surface area (TPSA) is 58.9 Å². The van der Waals surface area contributed by atoms with Gasteiger partial charge in [-0.15, -0.1) is 5.10 Å². The van der Waals surface area contributed by atoms with Gasteiger partial charge in [0.15, 0.2) is 5.82 Å². The van der Waals surface area contributed by atoms with Crippen LogP contribution in [-0.4, -0.2) is 39.4 Å². The van der Waals surface area contributed by atoms with E-state index in [4.69, 9.17) is 0 Å². The van der Waals surface area contributed by atoms with Crippen LogP contribution in [0, 0.1) is 12.8 Å². The van der Waals surface area contributed by atoms with Gasteiger partial charge in [-0.05, 0) is 19.1 Å². The van der Waals surface area contributed by atoms with Gasteiger partial charge in [0.25, 0.3) is 0 Å². The summed E-state index contributed by atoms with van der Waals surface area (Å²) < 4.78 is 2.04. The highest BCUT2D eigenvalue weighted by atomic mass is 15.3. The molecule has 1 N–H and O–H groups in total. The highest BCUT2D eigenvalue weighted by molar-refractivity contribution is 5.40. The van der Waals surface area contributed by atoms with Gasteiger partial charge in [-0.1, -0.05) is 0 Å². The Morgan fingerprint density at radius 3 is 2.80 bits per heavy atom. The molecule has 6 heteroatoms. The van der Waals surface area contributed by atoms with Crippen molar-refractivity contribution >= 4 is 5.82 Å². The van der Waals surface area contributed by atoms with Crippen LogP contribution >= 0.6 is 0 Å².